The Hall–Kier alpha value is 0.248. The van der Waals surface area contributed by atoms with Crippen molar-refractivity contribution < 1.29 is 4.79 Å². The molecule has 0 aromatic carbocycles. The van der Waals surface area contributed by atoms with Crippen molar-refractivity contribution in [1.29, 1.82) is 0 Å². The van der Waals surface area contributed by atoms with Crippen LogP contribution in [0.4, 0.5) is 0 Å². The molecular formula is C2H6N2OSb. The van der Waals surface area contributed by atoms with E-state index in [2.05, 4.69) is 5.32 Å². The molecule has 0 aromatic heterocycles. The molecule has 0 aliphatic heterocycles. The molecule has 0 aromatic rings. The van der Waals surface area contributed by atoms with Crippen molar-refractivity contribution in [3.63, 3.8) is 0 Å². The van der Waals surface area contributed by atoms with E-state index < -0.39 is 0 Å². The van der Waals surface area contributed by atoms with E-state index in [1.165, 1.54) is 0 Å². The molecular weight excluding hydrogens is 190 g/mol. The van der Waals surface area contributed by atoms with Crippen LogP contribution in [-0.2, 0) is 4.79 Å². The van der Waals surface area contributed by atoms with Crippen molar-refractivity contribution in [2.75, 3.05) is 6.67 Å². The van der Waals surface area contributed by atoms with Gasteiger partial charge in [-0.3, -0.25) is 4.79 Å². The van der Waals surface area contributed by atoms with E-state index in [1.54, 1.807) is 0 Å². The molecule has 0 heterocycles. The van der Waals surface area contributed by atoms with Crippen LogP contribution in [0.15, 0.2) is 0 Å². The molecule has 35 valence electrons. The Labute approximate surface area is 53.7 Å². The summed E-state index contributed by atoms with van der Waals surface area (Å²) in [4.78, 5) is 9.21. The minimum absolute atomic E-state index is 0. The number of amides is 1. The van der Waals surface area contributed by atoms with Crippen LogP contribution in [0.25, 0.3) is 0 Å². The fraction of sp³-hybridized carbons (Fsp3) is 0.500. The fourth-order valence-electron chi connectivity index (χ4n) is 0.0481. The van der Waals surface area contributed by atoms with E-state index >= 15 is 0 Å². The minimum Gasteiger partial charge on any atom is -0.346 e. The van der Waals surface area contributed by atoms with Crippen LogP contribution in [0, 0.1) is 0 Å². The van der Waals surface area contributed by atoms with Gasteiger partial charge >= 0.3 is 0 Å². The summed E-state index contributed by atoms with van der Waals surface area (Å²) in [6, 6.07) is 0. The van der Waals surface area contributed by atoms with Crippen LogP contribution < -0.4 is 11.1 Å². The maximum Gasteiger partial charge on any atom is 0.208 e. The Kier molecular flexibility index (Phi) is 14.3. The van der Waals surface area contributed by atoms with Gasteiger partial charge in [-0.05, 0) is 0 Å². The Morgan fingerprint density at radius 1 is 1.83 bits per heavy atom. The third-order valence-electron chi connectivity index (χ3n) is 0.201. The summed E-state index contributed by atoms with van der Waals surface area (Å²) in [5.74, 6) is 0. The van der Waals surface area contributed by atoms with Gasteiger partial charge in [-0.25, -0.2) is 0 Å². The molecule has 0 rings (SSSR count). The molecule has 0 atom stereocenters. The molecule has 0 aliphatic rings. The van der Waals surface area contributed by atoms with Crippen molar-refractivity contribution in [2.24, 2.45) is 5.73 Å². The van der Waals surface area contributed by atoms with Gasteiger partial charge in [0.2, 0.25) is 6.41 Å². The summed E-state index contributed by atoms with van der Waals surface area (Å²) < 4.78 is 0. The Morgan fingerprint density at radius 2 is 2.33 bits per heavy atom. The van der Waals surface area contributed by atoms with Crippen LogP contribution in [0.3, 0.4) is 0 Å². The number of nitrogens with one attached hydrogen (secondary N) is 1. The summed E-state index contributed by atoms with van der Waals surface area (Å²) in [6.07, 6.45) is 0.556. The number of carbonyl (C=O) groups excluding carboxylic acids is 1. The predicted molar refractivity (Wildman–Crippen MR) is 24.0 cm³/mol. The largest absolute Gasteiger partial charge is 0.346 e. The van der Waals surface area contributed by atoms with Gasteiger partial charge in [0.15, 0.2) is 0 Å². The molecule has 3 N–H and O–H groups in total. The summed E-state index contributed by atoms with van der Waals surface area (Å²) in [6.45, 7) is 0.226. The molecule has 3 nitrogen and oxygen atoms in total. The van der Waals surface area contributed by atoms with E-state index in [0.29, 0.717) is 6.41 Å². The third kappa shape index (κ3) is 8.87. The standard InChI is InChI=1S/C2H6N2O.Sb/c3-1-4-2-5;/h2H,1,3H2,(H,4,5);. The number of carbonyl (C=O) groups is 1. The van der Waals surface area contributed by atoms with Crippen molar-refractivity contribution in [1.82, 2.24) is 5.32 Å². The van der Waals surface area contributed by atoms with Crippen LogP contribution >= 0.6 is 0 Å². The van der Waals surface area contributed by atoms with Gasteiger partial charge in [0.05, 0.1) is 6.67 Å². The van der Waals surface area contributed by atoms with Gasteiger partial charge in [0, 0.05) is 24.4 Å². The zero-order valence-corrected chi connectivity index (χ0v) is 5.77. The Bertz CT molecular complexity index is 32.7. The summed E-state index contributed by atoms with van der Waals surface area (Å²) in [7, 11) is 0. The molecule has 1 amide bonds. The first-order valence-corrected chi connectivity index (χ1v) is 1.29. The molecule has 0 saturated heterocycles. The normalized spacial score (nSPS) is 5.50. The van der Waals surface area contributed by atoms with Crippen molar-refractivity contribution in [2.45, 2.75) is 0 Å². The van der Waals surface area contributed by atoms with Gasteiger partial charge in [0.1, 0.15) is 0 Å². The first-order chi connectivity index (χ1) is 2.41. The summed E-state index contributed by atoms with van der Waals surface area (Å²) in [5.41, 5.74) is 4.80. The predicted octanol–water partition coefficient (Wildman–Crippen LogP) is -1.73. The van der Waals surface area contributed by atoms with E-state index in [9.17, 15) is 4.79 Å². The monoisotopic (exact) mass is 195 g/mol. The van der Waals surface area contributed by atoms with Crippen molar-refractivity contribution >= 4 is 30.8 Å². The van der Waals surface area contributed by atoms with Crippen molar-refractivity contribution in [3.8, 4) is 0 Å². The maximum atomic E-state index is 9.21. The average molecular weight is 196 g/mol. The topological polar surface area (TPSA) is 55.1 Å². The molecule has 4 heteroatoms. The molecule has 0 spiro atoms. The number of nitrogens with two attached hydrogens (primary N) is 1. The summed E-state index contributed by atoms with van der Waals surface area (Å²) >= 11 is 0. The zero-order chi connectivity index (χ0) is 4.12. The molecule has 0 bridgehead atoms. The van der Waals surface area contributed by atoms with Crippen LogP contribution in [-0.4, -0.2) is 37.5 Å². The van der Waals surface area contributed by atoms with Crippen LogP contribution in [0.1, 0.15) is 0 Å². The summed E-state index contributed by atoms with van der Waals surface area (Å²) in [5, 5.41) is 2.21. The molecule has 0 unspecified atom stereocenters. The van der Waals surface area contributed by atoms with Crippen molar-refractivity contribution in [3.05, 3.63) is 0 Å². The zero-order valence-electron chi connectivity index (χ0n) is 3.22. The first-order valence-electron chi connectivity index (χ1n) is 1.29. The fourth-order valence-corrected chi connectivity index (χ4v) is 0.0481. The number of hydrogen-bond acceptors (Lipinski definition) is 2. The first kappa shape index (κ1) is 9.54. The quantitative estimate of drug-likeness (QED) is 0.313. The van der Waals surface area contributed by atoms with E-state index in [-0.39, 0.29) is 31.1 Å². The van der Waals surface area contributed by atoms with Crippen LogP contribution in [0.2, 0.25) is 0 Å². The van der Waals surface area contributed by atoms with E-state index in [1.807, 2.05) is 0 Å². The second-order valence-corrected chi connectivity index (χ2v) is 0.526. The van der Waals surface area contributed by atoms with Gasteiger partial charge < -0.3 is 11.1 Å². The molecule has 0 saturated carbocycles. The number of rotatable bonds is 2. The van der Waals surface area contributed by atoms with Crippen LogP contribution in [0.5, 0.6) is 0 Å². The van der Waals surface area contributed by atoms with Gasteiger partial charge in [-0.15, -0.1) is 0 Å². The van der Waals surface area contributed by atoms with Gasteiger partial charge in [0.25, 0.3) is 0 Å². The molecule has 0 aliphatic carbocycles. The molecule has 6 heavy (non-hydrogen) atoms. The second kappa shape index (κ2) is 8.98. The minimum atomic E-state index is 0. The average Bonchev–Trinajstić information content (AvgIpc) is 1.41. The Balaban J connectivity index is 0. The second-order valence-electron chi connectivity index (χ2n) is 0.526. The van der Waals surface area contributed by atoms with Gasteiger partial charge in [-0.2, -0.15) is 0 Å². The maximum absolute atomic E-state index is 9.21. The third-order valence-corrected chi connectivity index (χ3v) is 0.201. The smallest absolute Gasteiger partial charge is 0.208 e. The van der Waals surface area contributed by atoms with E-state index in [0.717, 1.165) is 0 Å². The van der Waals surface area contributed by atoms with E-state index in [4.69, 9.17) is 5.73 Å². The Morgan fingerprint density at radius 3 is 2.33 bits per heavy atom. The molecule has 3 radical (unpaired) electrons. The SMILES string of the molecule is NCNC=O.[Sb]. The van der Waals surface area contributed by atoms with Gasteiger partial charge in [-0.1, -0.05) is 0 Å². The number of hydrogen-bond donors (Lipinski definition) is 2. The molecule has 0 fully saturated rings.